The van der Waals surface area contributed by atoms with Crippen LogP contribution in [0.5, 0.6) is 5.75 Å². The van der Waals surface area contributed by atoms with Crippen molar-refractivity contribution in [1.29, 1.82) is 0 Å². The molecule has 1 saturated heterocycles. The molecule has 0 bridgehead atoms. The molecule has 1 aromatic carbocycles. The first kappa shape index (κ1) is 18.5. The Bertz CT molecular complexity index is 654. The van der Waals surface area contributed by atoms with Gasteiger partial charge in [-0.05, 0) is 31.0 Å². The first-order valence-corrected chi connectivity index (χ1v) is 9.59. The summed E-state index contributed by atoms with van der Waals surface area (Å²) in [6.45, 7) is 3.39. The van der Waals surface area contributed by atoms with Gasteiger partial charge < -0.3 is 14.4 Å². The molecule has 0 spiro atoms. The Morgan fingerprint density at radius 2 is 1.92 bits per heavy atom. The van der Waals surface area contributed by atoms with Crippen molar-refractivity contribution in [3.8, 4) is 5.75 Å². The van der Waals surface area contributed by atoms with Crippen LogP contribution in [0.3, 0.4) is 0 Å². The van der Waals surface area contributed by atoms with Crippen LogP contribution in [0.2, 0.25) is 0 Å². The topological polar surface area (TPSA) is 76.2 Å². The van der Waals surface area contributed by atoms with E-state index in [0.717, 1.165) is 5.56 Å². The molecular weight excluding hydrogens is 332 g/mol. The fourth-order valence-electron chi connectivity index (χ4n) is 2.57. The Balaban J connectivity index is 1.88. The molecule has 0 radical (unpaired) electrons. The Labute approximate surface area is 143 Å². The van der Waals surface area contributed by atoms with E-state index in [1.807, 2.05) is 24.3 Å². The average Bonchev–Trinajstić information content (AvgIpc) is 2.60. The van der Waals surface area contributed by atoms with Gasteiger partial charge in [-0.1, -0.05) is 12.1 Å². The highest BCUT2D eigenvalue weighted by atomic mass is 32.2. The highest BCUT2D eigenvalue weighted by molar-refractivity contribution is 7.89. The maximum atomic E-state index is 12.5. The van der Waals surface area contributed by atoms with Crippen molar-refractivity contribution in [2.45, 2.75) is 13.3 Å². The third kappa shape index (κ3) is 4.85. The zero-order chi connectivity index (χ0) is 17.6. The summed E-state index contributed by atoms with van der Waals surface area (Å²) in [5.41, 5.74) is 0.920. The van der Waals surface area contributed by atoms with Crippen LogP contribution in [0.4, 0.5) is 4.79 Å². The van der Waals surface area contributed by atoms with Gasteiger partial charge in [0.2, 0.25) is 10.0 Å². The number of amides is 1. The monoisotopic (exact) mass is 356 g/mol. The van der Waals surface area contributed by atoms with Crippen molar-refractivity contribution in [2.75, 3.05) is 45.6 Å². The van der Waals surface area contributed by atoms with E-state index in [2.05, 4.69) is 0 Å². The smallest absolute Gasteiger partial charge is 0.409 e. The lowest BCUT2D eigenvalue weighted by Gasteiger charge is -2.33. The molecule has 1 aromatic rings. The van der Waals surface area contributed by atoms with E-state index in [4.69, 9.17) is 9.47 Å². The molecule has 0 unspecified atom stereocenters. The molecule has 1 aliphatic rings. The number of methoxy groups -OCH3 is 1. The number of carbonyl (C=O) groups excluding carboxylic acids is 1. The molecule has 1 fully saturated rings. The minimum atomic E-state index is -3.35. The van der Waals surface area contributed by atoms with E-state index >= 15 is 0 Å². The Morgan fingerprint density at radius 3 is 2.54 bits per heavy atom. The highest BCUT2D eigenvalue weighted by Gasteiger charge is 2.29. The summed E-state index contributed by atoms with van der Waals surface area (Å²) in [5.74, 6) is 0.757. The van der Waals surface area contributed by atoms with Gasteiger partial charge in [-0.25, -0.2) is 13.2 Å². The fourth-order valence-corrected chi connectivity index (χ4v) is 4.04. The number of nitrogens with zero attached hydrogens (tertiary/aromatic N) is 2. The van der Waals surface area contributed by atoms with Gasteiger partial charge in [0.25, 0.3) is 0 Å². The molecule has 0 aromatic heterocycles. The van der Waals surface area contributed by atoms with E-state index in [1.54, 1.807) is 14.0 Å². The number of piperazine rings is 1. The number of rotatable bonds is 6. The predicted molar refractivity (Wildman–Crippen MR) is 90.7 cm³/mol. The first-order chi connectivity index (χ1) is 11.5. The fraction of sp³-hybridized carbons (Fsp3) is 0.562. The van der Waals surface area contributed by atoms with Gasteiger partial charge in [-0.15, -0.1) is 0 Å². The van der Waals surface area contributed by atoms with Gasteiger partial charge in [-0.3, -0.25) is 0 Å². The Hall–Kier alpha value is -1.80. The molecular formula is C16H24N2O5S. The lowest BCUT2D eigenvalue weighted by Crippen LogP contribution is -2.51. The largest absolute Gasteiger partial charge is 0.497 e. The standard InChI is InChI=1S/C16H24N2O5S/c1-3-23-16(19)17-8-10-18(11-9-17)24(20,21)12-7-14-5-4-6-15(13-14)22-2/h4-6,13H,3,7-12H2,1-2H3. The molecule has 24 heavy (non-hydrogen) atoms. The van der Waals surface area contributed by atoms with Gasteiger partial charge in [0.15, 0.2) is 0 Å². The predicted octanol–water partition coefficient (Wildman–Crippen LogP) is 1.34. The van der Waals surface area contributed by atoms with Gasteiger partial charge in [-0.2, -0.15) is 4.31 Å². The van der Waals surface area contributed by atoms with Crippen LogP contribution >= 0.6 is 0 Å². The van der Waals surface area contributed by atoms with Crippen LogP contribution in [-0.4, -0.2) is 69.4 Å². The zero-order valence-corrected chi connectivity index (χ0v) is 14.9. The van der Waals surface area contributed by atoms with E-state index in [9.17, 15) is 13.2 Å². The quantitative estimate of drug-likeness (QED) is 0.769. The number of sulfonamides is 1. The number of carbonyl (C=O) groups is 1. The van der Waals surface area contributed by atoms with Crippen molar-refractivity contribution in [2.24, 2.45) is 0 Å². The minimum absolute atomic E-state index is 0.0412. The van der Waals surface area contributed by atoms with Crippen LogP contribution in [-0.2, 0) is 21.2 Å². The van der Waals surface area contributed by atoms with E-state index < -0.39 is 10.0 Å². The Morgan fingerprint density at radius 1 is 1.21 bits per heavy atom. The number of hydrogen-bond donors (Lipinski definition) is 0. The average molecular weight is 356 g/mol. The summed E-state index contributed by atoms with van der Waals surface area (Å²) >= 11 is 0. The molecule has 1 heterocycles. The lowest BCUT2D eigenvalue weighted by molar-refractivity contribution is 0.0934. The molecule has 1 amide bonds. The number of aryl methyl sites for hydroxylation is 1. The number of hydrogen-bond acceptors (Lipinski definition) is 5. The van der Waals surface area contributed by atoms with Crippen molar-refractivity contribution >= 4 is 16.1 Å². The second-order valence-corrected chi connectivity index (χ2v) is 7.59. The minimum Gasteiger partial charge on any atom is -0.497 e. The molecule has 0 atom stereocenters. The summed E-state index contributed by atoms with van der Waals surface area (Å²) in [6, 6.07) is 7.40. The van der Waals surface area contributed by atoms with Gasteiger partial charge >= 0.3 is 6.09 Å². The molecule has 134 valence electrons. The van der Waals surface area contributed by atoms with Crippen LogP contribution in [0.25, 0.3) is 0 Å². The normalized spacial score (nSPS) is 16.0. The number of ether oxygens (including phenoxy) is 2. The maximum Gasteiger partial charge on any atom is 0.409 e. The highest BCUT2D eigenvalue weighted by Crippen LogP contribution is 2.15. The summed E-state index contributed by atoms with van der Waals surface area (Å²) in [6.07, 6.45) is 0.0448. The maximum absolute atomic E-state index is 12.5. The molecule has 8 heteroatoms. The van der Waals surface area contributed by atoms with E-state index in [0.29, 0.717) is 45.0 Å². The zero-order valence-electron chi connectivity index (χ0n) is 14.1. The van der Waals surface area contributed by atoms with Gasteiger partial charge in [0.05, 0.1) is 19.5 Å². The van der Waals surface area contributed by atoms with Crippen molar-refractivity contribution in [3.63, 3.8) is 0 Å². The lowest BCUT2D eigenvalue weighted by atomic mass is 10.2. The first-order valence-electron chi connectivity index (χ1n) is 7.98. The second-order valence-electron chi connectivity index (χ2n) is 5.50. The summed E-state index contributed by atoms with van der Waals surface area (Å²) in [7, 11) is -1.77. The van der Waals surface area contributed by atoms with E-state index in [1.165, 1.54) is 9.21 Å². The van der Waals surface area contributed by atoms with Crippen LogP contribution in [0.15, 0.2) is 24.3 Å². The summed E-state index contributed by atoms with van der Waals surface area (Å²) in [4.78, 5) is 13.2. The van der Waals surface area contributed by atoms with E-state index in [-0.39, 0.29) is 11.8 Å². The summed E-state index contributed by atoms with van der Waals surface area (Å²) in [5, 5.41) is 0. The van der Waals surface area contributed by atoms with Crippen LogP contribution in [0.1, 0.15) is 12.5 Å². The molecule has 1 aliphatic heterocycles. The van der Waals surface area contributed by atoms with Crippen molar-refractivity contribution in [3.05, 3.63) is 29.8 Å². The van der Waals surface area contributed by atoms with Crippen LogP contribution in [0, 0.1) is 0 Å². The molecule has 0 saturated carbocycles. The Kier molecular flexibility index (Phi) is 6.44. The second kappa shape index (κ2) is 8.34. The van der Waals surface area contributed by atoms with Gasteiger partial charge in [0.1, 0.15) is 5.75 Å². The SMILES string of the molecule is CCOC(=O)N1CCN(S(=O)(=O)CCc2cccc(OC)c2)CC1. The van der Waals surface area contributed by atoms with Crippen molar-refractivity contribution in [1.82, 2.24) is 9.21 Å². The van der Waals surface area contributed by atoms with Crippen LogP contribution < -0.4 is 4.74 Å². The van der Waals surface area contributed by atoms with Gasteiger partial charge in [0, 0.05) is 26.2 Å². The molecule has 7 nitrogen and oxygen atoms in total. The summed E-state index contributed by atoms with van der Waals surface area (Å²) < 4.78 is 36.5. The molecule has 2 rings (SSSR count). The number of benzene rings is 1. The van der Waals surface area contributed by atoms with Crippen molar-refractivity contribution < 1.29 is 22.7 Å². The molecule has 0 aliphatic carbocycles. The molecule has 0 N–H and O–H groups in total. The third-order valence-electron chi connectivity index (χ3n) is 3.94. The third-order valence-corrected chi connectivity index (χ3v) is 5.81.